The van der Waals surface area contributed by atoms with E-state index in [1.54, 1.807) is 29.1 Å². The fourth-order valence-corrected chi connectivity index (χ4v) is 4.97. The number of aromatic nitrogens is 7. The van der Waals surface area contributed by atoms with Crippen LogP contribution in [0.1, 0.15) is 22.8 Å². The number of anilines is 4. The highest BCUT2D eigenvalue weighted by molar-refractivity contribution is 7.90. The van der Waals surface area contributed by atoms with Crippen molar-refractivity contribution in [3.63, 3.8) is 0 Å². The van der Waals surface area contributed by atoms with Gasteiger partial charge in [0.2, 0.25) is 0 Å². The number of hydrogen-bond donors (Lipinski definition) is 3. The smallest absolute Gasteiger partial charge is 0.177 e. The minimum absolute atomic E-state index is 0.154. The Labute approximate surface area is 214 Å². The first kappa shape index (κ1) is 24.4. The summed E-state index contributed by atoms with van der Waals surface area (Å²) in [5.74, 6) is 1.72. The zero-order valence-electron chi connectivity index (χ0n) is 21.4. The van der Waals surface area contributed by atoms with Crippen molar-refractivity contribution >= 4 is 44.0 Å². The van der Waals surface area contributed by atoms with Crippen LogP contribution in [0, 0.1) is 27.7 Å². The molecule has 0 unspecified atom stereocenters. The topological polar surface area (TPSA) is 143 Å². The molecule has 0 aliphatic carbocycles. The van der Waals surface area contributed by atoms with E-state index in [4.69, 9.17) is 0 Å². The number of aryl methyl sites for hydroxylation is 5. The van der Waals surface area contributed by atoms with Crippen LogP contribution in [0.3, 0.4) is 0 Å². The molecule has 190 valence electrons. The second-order valence-electron chi connectivity index (χ2n) is 9.07. The third-order valence-corrected chi connectivity index (χ3v) is 7.09. The molecule has 5 aromatic rings. The van der Waals surface area contributed by atoms with Crippen LogP contribution in [-0.2, 0) is 16.9 Å². The van der Waals surface area contributed by atoms with Gasteiger partial charge < -0.3 is 15.6 Å². The molecule has 0 aliphatic rings. The van der Waals surface area contributed by atoms with Crippen LogP contribution >= 0.6 is 0 Å². The molecule has 0 bridgehead atoms. The van der Waals surface area contributed by atoms with E-state index in [1.807, 2.05) is 47.0 Å². The van der Waals surface area contributed by atoms with Crippen LogP contribution in [0.15, 0.2) is 41.6 Å². The Morgan fingerprint density at radius 3 is 2.38 bits per heavy atom. The zero-order chi connectivity index (χ0) is 26.5. The van der Waals surface area contributed by atoms with Crippen LogP contribution in [0.25, 0.3) is 22.4 Å². The Bertz CT molecular complexity index is 1770. The number of nitrogens with zero attached hydrogens (tertiary/aromatic N) is 6. The van der Waals surface area contributed by atoms with Crippen molar-refractivity contribution in [3.8, 4) is 11.3 Å². The van der Waals surface area contributed by atoms with Gasteiger partial charge in [0.05, 0.1) is 39.5 Å². The highest BCUT2D eigenvalue weighted by atomic mass is 32.2. The van der Waals surface area contributed by atoms with Gasteiger partial charge in [-0.1, -0.05) is 6.07 Å². The standard InChI is InChI=1S/C25H27N9O2S/c1-13-12-34(5)33-23(13)17-7-8-18(20(9-17)37(6,35)36)30-19-10-21(32-25-24(19)28-16(4)29-25)31-22-11-26-14(2)15(3)27-22/h7-12H,1-6H3,(H3,27,28,29,30,31,32). The molecule has 0 aliphatic heterocycles. The molecule has 0 saturated carbocycles. The lowest BCUT2D eigenvalue weighted by molar-refractivity contribution is 0.602. The third kappa shape index (κ3) is 4.87. The van der Waals surface area contributed by atoms with Crippen LogP contribution < -0.4 is 10.6 Å². The van der Waals surface area contributed by atoms with E-state index in [2.05, 4.69) is 40.7 Å². The van der Waals surface area contributed by atoms with E-state index in [0.29, 0.717) is 40.0 Å². The molecule has 0 atom stereocenters. The SMILES string of the molecule is Cc1nc2c(Nc3ccc(-c4nn(C)cc4C)cc3S(C)(=O)=O)cc(Nc3cnc(C)c(C)n3)nc2[nH]1. The summed E-state index contributed by atoms with van der Waals surface area (Å²) in [5.41, 5.74) is 6.19. The Morgan fingerprint density at radius 2 is 1.70 bits per heavy atom. The summed E-state index contributed by atoms with van der Waals surface area (Å²) >= 11 is 0. The summed E-state index contributed by atoms with van der Waals surface area (Å²) in [7, 11) is -1.75. The van der Waals surface area contributed by atoms with Gasteiger partial charge in [-0.2, -0.15) is 5.10 Å². The Hall–Kier alpha value is -4.32. The van der Waals surface area contributed by atoms with E-state index < -0.39 is 9.84 Å². The quantitative estimate of drug-likeness (QED) is 0.301. The number of H-pyrrole nitrogens is 1. The van der Waals surface area contributed by atoms with Crippen LogP contribution in [0.4, 0.5) is 23.0 Å². The molecular weight excluding hydrogens is 490 g/mol. The lowest BCUT2D eigenvalue weighted by atomic mass is 10.1. The van der Waals surface area contributed by atoms with Crippen molar-refractivity contribution in [1.29, 1.82) is 0 Å². The highest BCUT2D eigenvalue weighted by Gasteiger charge is 2.19. The van der Waals surface area contributed by atoms with E-state index in [-0.39, 0.29) is 4.90 Å². The van der Waals surface area contributed by atoms with Crippen LogP contribution in [-0.4, -0.2) is 49.4 Å². The summed E-state index contributed by atoms with van der Waals surface area (Å²) in [5, 5.41) is 10.9. The van der Waals surface area contributed by atoms with Gasteiger partial charge in [-0.05, 0) is 45.4 Å². The molecule has 4 heterocycles. The van der Waals surface area contributed by atoms with E-state index in [1.165, 1.54) is 6.26 Å². The summed E-state index contributed by atoms with van der Waals surface area (Å²) in [6.07, 6.45) is 4.72. The molecule has 0 fully saturated rings. The maximum Gasteiger partial charge on any atom is 0.177 e. The minimum atomic E-state index is -3.58. The van der Waals surface area contributed by atoms with Crippen molar-refractivity contribution in [2.75, 3.05) is 16.9 Å². The van der Waals surface area contributed by atoms with Crippen molar-refractivity contribution in [1.82, 2.24) is 34.7 Å². The van der Waals surface area contributed by atoms with Gasteiger partial charge in [-0.15, -0.1) is 0 Å². The predicted octanol–water partition coefficient (Wildman–Crippen LogP) is 4.27. The third-order valence-electron chi connectivity index (χ3n) is 5.96. The van der Waals surface area contributed by atoms with Gasteiger partial charge in [0.1, 0.15) is 23.0 Å². The number of imidazole rings is 1. The van der Waals surface area contributed by atoms with E-state index in [0.717, 1.165) is 28.2 Å². The molecule has 0 spiro atoms. The fourth-order valence-electron chi connectivity index (χ4n) is 4.12. The van der Waals surface area contributed by atoms with E-state index in [9.17, 15) is 8.42 Å². The van der Waals surface area contributed by atoms with Gasteiger partial charge in [-0.3, -0.25) is 9.67 Å². The Kier molecular flexibility index (Phi) is 5.91. The maximum atomic E-state index is 12.8. The number of hydrogen-bond acceptors (Lipinski definition) is 9. The first-order chi connectivity index (χ1) is 17.5. The maximum absolute atomic E-state index is 12.8. The molecule has 1 aromatic carbocycles. The number of benzene rings is 1. The van der Waals surface area contributed by atoms with Crippen molar-refractivity contribution < 1.29 is 8.42 Å². The molecule has 0 saturated heterocycles. The predicted molar refractivity (Wildman–Crippen MR) is 143 cm³/mol. The first-order valence-electron chi connectivity index (χ1n) is 11.5. The Morgan fingerprint density at radius 1 is 0.919 bits per heavy atom. The molecule has 11 nitrogen and oxygen atoms in total. The fraction of sp³-hybridized carbons (Fsp3) is 0.240. The molecule has 37 heavy (non-hydrogen) atoms. The average Bonchev–Trinajstić information content (AvgIpc) is 3.36. The molecular formula is C25H27N9O2S. The average molecular weight is 518 g/mol. The summed E-state index contributed by atoms with van der Waals surface area (Å²) < 4.78 is 27.4. The van der Waals surface area contributed by atoms with Crippen molar-refractivity contribution in [2.24, 2.45) is 7.05 Å². The molecule has 4 aromatic heterocycles. The molecule has 0 radical (unpaired) electrons. The number of sulfone groups is 1. The van der Waals surface area contributed by atoms with Gasteiger partial charge in [-0.25, -0.2) is 23.4 Å². The second kappa shape index (κ2) is 8.96. The summed E-state index contributed by atoms with van der Waals surface area (Å²) in [4.78, 5) is 21.3. The number of fused-ring (bicyclic) bond motifs is 1. The molecule has 0 amide bonds. The first-order valence-corrected chi connectivity index (χ1v) is 13.4. The largest absolute Gasteiger partial charge is 0.352 e. The lowest BCUT2D eigenvalue weighted by Gasteiger charge is -2.14. The summed E-state index contributed by atoms with van der Waals surface area (Å²) in [6, 6.07) is 7.01. The molecule has 12 heteroatoms. The summed E-state index contributed by atoms with van der Waals surface area (Å²) in [6.45, 7) is 7.56. The lowest BCUT2D eigenvalue weighted by Crippen LogP contribution is -2.05. The number of pyridine rings is 1. The van der Waals surface area contributed by atoms with Gasteiger partial charge in [0.15, 0.2) is 15.5 Å². The number of nitrogens with one attached hydrogen (secondary N) is 3. The van der Waals surface area contributed by atoms with Crippen molar-refractivity contribution in [2.45, 2.75) is 32.6 Å². The van der Waals surface area contributed by atoms with E-state index >= 15 is 0 Å². The molecule has 3 N–H and O–H groups in total. The van der Waals surface area contributed by atoms with Crippen LogP contribution in [0.2, 0.25) is 0 Å². The molecule has 5 rings (SSSR count). The number of rotatable bonds is 6. The van der Waals surface area contributed by atoms with Gasteiger partial charge in [0.25, 0.3) is 0 Å². The number of aromatic amines is 1. The van der Waals surface area contributed by atoms with Gasteiger partial charge >= 0.3 is 0 Å². The van der Waals surface area contributed by atoms with Crippen molar-refractivity contribution in [3.05, 3.63) is 59.4 Å². The second-order valence-corrected chi connectivity index (χ2v) is 11.1. The van der Waals surface area contributed by atoms with Gasteiger partial charge in [0, 0.05) is 31.1 Å². The normalized spacial score (nSPS) is 11.7. The van der Waals surface area contributed by atoms with Crippen LogP contribution in [0.5, 0.6) is 0 Å². The highest BCUT2D eigenvalue weighted by Crippen LogP contribution is 2.34. The zero-order valence-corrected chi connectivity index (χ0v) is 22.2. The Balaban J connectivity index is 1.59. The minimum Gasteiger partial charge on any atom is -0.352 e. The monoisotopic (exact) mass is 517 g/mol.